The normalized spacial score (nSPS) is 10.4. The second-order valence-electron chi connectivity index (χ2n) is 3.54. The van der Waals surface area contributed by atoms with Crippen molar-refractivity contribution in [1.82, 2.24) is 4.98 Å². The molecule has 18 heavy (non-hydrogen) atoms. The highest BCUT2D eigenvalue weighted by Crippen LogP contribution is 2.34. The highest BCUT2D eigenvalue weighted by molar-refractivity contribution is 7.20. The second-order valence-corrected chi connectivity index (χ2v) is 4.57. The number of rotatable bonds is 2. The molecule has 0 aliphatic carbocycles. The summed E-state index contributed by atoms with van der Waals surface area (Å²) in [7, 11) is 0. The maximum atomic E-state index is 13.6. The van der Waals surface area contributed by atoms with Crippen molar-refractivity contribution in [2.45, 2.75) is 6.92 Å². The molecule has 1 amide bonds. The van der Waals surface area contributed by atoms with Crippen LogP contribution < -0.4 is 11.1 Å². The van der Waals surface area contributed by atoms with Crippen molar-refractivity contribution in [3.63, 3.8) is 0 Å². The highest BCUT2D eigenvalue weighted by Gasteiger charge is 2.15. The van der Waals surface area contributed by atoms with E-state index in [-0.39, 0.29) is 27.3 Å². The fourth-order valence-corrected chi connectivity index (χ4v) is 2.20. The van der Waals surface area contributed by atoms with Gasteiger partial charge < -0.3 is 11.1 Å². The van der Waals surface area contributed by atoms with Crippen LogP contribution in [-0.4, -0.2) is 10.9 Å². The molecule has 0 spiro atoms. The number of carbonyl (C=O) groups excluding carboxylic acids is 1. The van der Waals surface area contributed by atoms with Gasteiger partial charge in [-0.2, -0.15) is 0 Å². The maximum Gasteiger partial charge on any atom is 0.223 e. The minimum absolute atomic E-state index is 0.0275. The van der Waals surface area contributed by atoms with Crippen molar-refractivity contribution in [2.24, 2.45) is 0 Å². The molecule has 1 aromatic carbocycles. The Morgan fingerprint density at radius 1 is 1.44 bits per heavy atom. The second kappa shape index (κ2) is 4.69. The van der Waals surface area contributed by atoms with Gasteiger partial charge in [-0.05, 0) is 18.2 Å². The molecule has 0 unspecified atom stereocenters. The molecule has 0 saturated carbocycles. The third-order valence-corrected chi connectivity index (χ3v) is 2.92. The van der Waals surface area contributed by atoms with E-state index in [2.05, 4.69) is 10.3 Å². The van der Waals surface area contributed by atoms with Crippen LogP contribution >= 0.6 is 11.3 Å². The van der Waals surface area contributed by atoms with Gasteiger partial charge in [-0.25, -0.2) is 13.8 Å². The standard InChI is InChI=1S/C11H9F2N3OS/c1-5(17)15-11-16-9(10(14)18-11)7-4-6(12)2-3-8(7)13/h2-4H,14H2,1H3,(H,15,16,17). The van der Waals surface area contributed by atoms with E-state index in [1.165, 1.54) is 6.92 Å². The van der Waals surface area contributed by atoms with Crippen molar-refractivity contribution >= 4 is 27.4 Å². The molecule has 1 heterocycles. The minimum Gasteiger partial charge on any atom is -0.389 e. The van der Waals surface area contributed by atoms with Crippen LogP contribution in [0.15, 0.2) is 18.2 Å². The molecule has 2 aromatic rings. The fraction of sp³-hybridized carbons (Fsp3) is 0.0909. The summed E-state index contributed by atoms with van der Waals surface area (Å²) in [6.07, 6.45) is 0. The number of aromatic nitrogens is 1. The number of amides is 1. The maximum absolute atomic E-state index is 13.6. The Hall–Kier alpha value is -2.02. The number of anilines is 2. The van der Waals surface area contributed by atoms with E-state index in [1.54, 1.807) is 0 Å². The molecule has 0 radical (unpaired) electrons. The first-order valence-electron chi connectivity index (χ1n) is 4.96. The van der Waals surface area contributed by atoms with E-state index < -0.39 is 11.6 Å². The smallest absolute Gasteiger partial charge is 0.223 e. The van der Waals surface area contributed by atoms with Crippen molar-refractivity contribution in [2.75, 3.05) is 11.1 Å². The van der Waals surface area contributed by atoms with Crippen LogP contribution in [-0.2, 0) is 4.79 Å². The Labute approximate surface area is 105 Å². The average Bonchev–Trinajstić information content (AvgIpc) is 2.62. The molecule has 3 N–H and O–H groups in total. The molecule has 0 fully saturated rings. The van der Waals surface area contributed by atoms with Gasteiger partial charge in [0, 0.05) is 12.5 Å². The summed E-state index contributed by atoms with van der Waals surface area (Å²) >= 11 is 0.998. The van der Waals surface area contributed by atoms with Crippen LogP contribution in [0.4, 0.5) is 18.9 Å². The van der Waals surface area contributed by atoms with Gasteiger partial charge >= 0.3 is 0 Å². The van der Waals surface area contributed by atoms with Gasteiger partial charge in [-0.3, -0.25) is 4.79 Å². The van der Waals surface area contributed by atoms with Crippen LogP contribution in [0.1, 0.15) is 6.92 Å². The fourth-order valence-electron chi connectivity index (χ4n) is 1.41. The molecular formula is C11H9F2N3OS. The molecule has 1 aromatic heterocycles. The molecule has 0 atom stereocenters. The number of thiazole rings is 1. The van der Waals surface area contributed by atoms with E-state index in [0.29, 0.717) is 0 Å². The average molecular weight is 269 g/mol. The van der Waals surface area contributed by atoms with E-state index >= 15 is 0 Å². The first kappa shape index (κ1) is 12.4. The number of halogens is 2. The van der Waals surface area contributed by atoms with Gasteiger partial charge in [0.05, 0.1) is 0 Å². The number of nitrogen functional groups attached to an aromatic ring is 1. The zero-order valence-corrected chi connectivity index (χ0v) is 10.1. The number of hydrogen-bond acceptors (Lipinski definition) is 4. The lowest BCUT2D eigenvalue weighted by Gasteiger charge is -2.00. The third-order valence-electron chi connectivity index (χ3n) is 2.12. The summed E-state index contributed by atoms with van der Waals surface area (Å²) < 4.78 is 26.6. The number of nitrogens with two attached hydrogens (primary N) is 1. The van der Waals surface area contributed by atoms with E-state index in [0.717, 1.165) is 29.5 Å². The topological polar surface area (TPSA) is 68.0 Å². The van der Waals surface area contributed by atoms with Crippen molar-refractivity contribution < 1.29 is 13.6 Å². The number of nitrogens with zero attached hydrogens (tertiary/aromatic N) is 1. The molecule has 94 valence electrons. The van der Waals surface area contributed by atoms with E-state index in [4.69, 9.17) is 5.73 Å². The summed E-state index contributed by atoms with van der Waals surface area (Å²) in [5.41, 5.74) is 5.78. The molecule has 4 nitrogen and oxygen atoms in total. The molecule has 0 bridgehead atoms. The minimum atomic E-state index is -0.622. The number of nitrogens with one attached hydrogen (secondary N) is 1. The zero-order chi connectivity index (χ0) is 13.3. The summed E-state index contributed by atoms with van der Waals surface area (Å²) in [6.45, 7) is 1.32. The Morgan fingerprint density at radius 3 is 2.83 bits per heavy atom. The van der Waals surface area contributed by atoms with Crippen molar-refractivity contribution in [3.8, 4) is 11.3 Å². The quantitative estimate of drug-likeness (QED) is 0.880. The lowest BCUT2D eigenvalue weighted by atomic mass is 10.1. The molecule has 7 heteroatoms. The van der Waals surface area contributed by atoms with Gasteiger partial charge in [0.25, 0.3) is 0 Å². The SMILES string of the molecule is CC(=O)Nc1nc(-c2cc(F)ccc2F)c(N)s1. The monoisotopic (exact) mass is 269 g/mol. The number of hydrogen-bond donors (Lipinski definition) is 2. The van der Waals surface area contributed by atoms with Gasteiger partial charge in [0.1, 0.15) is 22.3 Å². The first-order valence-corrected chi connectivity index (χ1v) is 5.78. The summed E-state index contributed by atoms with van der Waals surface area (Å²) in [5.74, 6) is -1.52. The summed E-state index contributed by atoms with van der Waals surface area (Å²) in [4.78, 5) is 14.8. The molecular weight excluding hydrogens is 260 g/mol. The lowest BCUT2D eigenvalue weighted by Crippen LogP contribution is -2.05. The van der Waals surface area contributed by atoms with Crippen LogP contribution in [0.2, 0.25) is 0 Å². The molecule has 0 aliphatic rings. The summed E-state index contributed by atoms with van der Waals surface area (Å²) in [6, 6.07) is 3.02. The molecule has 2 rings (SSSR count). The Kier molecular flexibility index (Phi) is 3.24. The molecule has 0 saturated heterocycles. The Balaban J connectivity index is 2.47. The van der Waals surface area contributed by atoms with Crippen LogP contribution in [0.3, 0.4) is 0 Å². The van der Waals surface area contributed by atoms with Crippen molar-refractivity contribution in [3.05, 3.63) is 29.8 Å². The Morgan fingerprint density at radius 2 is 2.17 bits per heavy atom. The number of carbonyl (C=O) groups is 1. The van der Waals surface area contributed by atoms with Gasteiger partial charge in [-0.15, -0.1) is 0 Å². The van der Waals surface area contributed by atoms with Crippen molar-refractivity contribution in [1.29, 1.82) is 0 Å². The van der Waals surface area contributed by atoms with Gasteiger partial charge in [0.2, 0.25) is 5.91 Å². The van der Waals surface area contributed by atoms with Crippen LogP contribution in [0.25, 0.3) is 11.3 Å². The van der Waals surface area contributed by atoms with Crippen LogP contribution in [0, 0.1) is 11.6 Å². The van der Waals surface area contributed by atoms with E-state index in [1.807, 2.05) is 0 Å². The Bertz CT molecular complexity index is 612. The lowest BCUT2D eigenvalue weighted by molar-refractivity contribution is -0.114. The first-order chi connectivity index (χ1) is 8.47. The largest absolute Gasteiger partial charge is 0.389 e. The van der Waals surface area contributed by atoms with Crippen LogP contribution in [0.5, 0.6) is 0 Å². The molecule has 0 aliphatic heterocycles. The predicted molar refractivity (Wildman–Crippen MR) is 66.2 cm³/mol. The van der Waals surface area contributed by atoms with Gasteiger partial charge in [0.15, 0.2) is 5.13 Å². The highest BCUT2D eigenvalue weighted by atomic mass is 32.1. The zero-order valence-electron chi connectivity index (χ0n) is 9.33. The number of benzene rings is 1. The summed E-state index contributed by atoms with van der Waals surface area (Å²) in [5, 5.41) is 2.90. The van der Waals surface area contributed by atoms with E-state index in [9.17, 15) is 13.6 Å². The predicted octanol–water partition coefficient (Wildman–Crippen LogP) is 2.63. The van der Waals surface area contributed by atoms with Gasteiger partial charge in [-0.1, -0.05) is 11.3 Å². The third kappa shape index (κ3) is 2.45.